The van der Waals surface area contributed by atoms with Gasteiger partial charge in [0, 0.05) is 43.0 Å². The number of rotatable bonds is 6. The fourth-order valence-electron chi connectivity index (χ4n) is 5.39. The van der Waals surface area contributed by atoms with Gasteiger partial charge < -0.3 is 15.3 Å². The molecule has 4 aromatic rings. The largest absolute Gasteiger partial charge is 0.476 e. The van der Waals surface area contributed by atoms with E-state index < -0.39 is 12.0 Å². The van der Waals surface area contributed by atoms with Crippen LogP contribution in [0.1, 0.15) is 47.3 Å². The lowest BCUT2D eigenvalue weighted by molar-refractivity contribution is 0.0692. The van der Waals surface area contributed by atoms with E-state index in [0.29, 0.717) is 16.6 Å². The number of carbonyl (C=O) groups is 2. The quantitative estimate of drug-likeness (QED) is 0.370. The summed E-state index contributed by atoms with van der Waals surface area (Å²) in [7, 11) is 0. The number of fused-ring (bicyclic) bond motifs is 1. The molecule has 0 aliphatic carbocycles. The third kappa shape index (κ3) is 5.07. The van der Waals surface area contributed by atoms with Gasteiger partial charge in [-0.15, -0.1) is 0 Å². The lowest BCUT2D eigenvalue weighted by Gasteiger charge is -2.33. The second-order valence-electron chi connectivity index (χ2n) is 10.4. The van der Waals surface area contributed by atoms with Gasteiger partial charge in [-0.1, -0.05) is 12.5 Å². The zero-order valence-electron chi connectivity index (χ0n) is 21.9. The van der Waals surface area contributed by atoms with E-state index in [0.717, 1.165) is 71.9 Å². The Morgan fingerprint density at radius 1 is 0.949 bits per heavy atom. The Balaban J connectivity index is 1.27. The number of anilines is 2. The highest BCUT2D eigenvalue weighted by Crippen LogP contribution is 2.28. The highest BCUT2D eigenvalue weighted by atomic mass is 16.4. The summed E-state index contributed by atoms with van der Waals surface area (Å²) in [6, 6.07) is 8.78. The molecule has 39 heavy (non-hydrogen) atoms. The first-order valence-corrected chi connectivity index (χ1v) is 13.4. The second-order valence-corrected chi connectivity index (χ2v) is 10.4. The first-order valence-electron chi connectivity index (χ1n) is 13.4. The van der Waals surface area contributed by atoms with Gasteiger partial charge in [0.2, 0.25) is 0 Å². The Labute approximate surface area is 226 Å². The molecule has 1 aromatic carbocycles. The van der Waals surface area contributed by atoms with Crippen LogP contribution in [-0.4, -0.2) is 67.9 Å². The van der Waals surface area contributed by atoms with Gasteiger partial charge in [0.1, 0.15) is 5.82 Å². The number of benzene rings is 1. The molecule has 200 valence electrons. The van der Waals surface area contributed by atoms with Gasteiger partial charge >= 0.3 is 12.0 Å². The average Bonchev–Trinajstić information content (AvgIpc) is 3.29. The van der Waals surface area contributed by atoms with Crippen molar-refractivity contribution in [2.75, 3.05) is 36.4 Å². The summed E-state index contributed by atoms with van der Waals surface area (Å²) in [5.41, 5.74) is 4.55. The van der Waals surface area contributed by atoms with Crippen LogP contribution >= 0.6 is 0 Å². The molecule has 1 amide bonds. The lowest BCUT2D eigenvalue weighted by atomic mass is 10.0. The summed E-state index contributed by atoms with van der Waals surface area (Å²) in [5.74, 6) is -0.281. The second kappa shape index (κ2) is 10.5. The SMILES string of the molecule is Cc1cc(NC(=O)n2nc(C(=O)O)c3cc(-c4cncc(CN5CCCCC5)c4)ccc32)cnc1N1CCC1. The van der Waals surface area contributed by atoms with Crippen molar-refractivity contribution in [3.8, 4) is 11.1 Å². The molecule has 2 aliphatic rings. The minimum Gasteiger partial charge on any atom is -0.476 e. The van der Waals surface area contributed by atoms with Crippen molar-refractivity contribution in [1.82, 2.24) is 24.6 Å². The minimum absolute atomic E-state index is 0.179. The van der Waals surface area contributed by atoms with Crippen molar-refractivity contribution in [3.63, 3.8) is 0 Å². The summed E-state index contributed by atoms with van der Waals surface area (Å²) >= 11 is 0. The molecule has 2 N–H and O–H groups in total. The van der Waals surface area contributed by atoms with Crippen LogP contribution in [0.25, 0.3) is 22.0 Å². The number of hydrogen-bond donors (Lipinski definition) is 2. The first kappa shape index (κ1) is 25.0. The third-order valence-corrected chi connectivity index (χ3v) is 7.52. The number of aryl methyl sites for hydroxylation is 1. The fourth-order valence-corrected chi connectivity index (χ4v) is 5.39. The van der Waals surface area contributed by atoms with Crippen LogP contribution in [0.5, 0.6) is 0 Å². The smallest absolute Gasteiger partial charge is 0.357 e. The standard InChI is InChI=1S/C29H31N7O3/c1-19-12-23(17-31-27(19)35-10-5-11-35)32-29(39)36-25-7-6-21(14-24(25)26(33-36)28(37)38)22-13-20(15-30-16-22)18-34-8-3-2-4-9-34/h6-7,12-17H,2-5,8-11,18H2,1H3,(H,32,39)(H,37,38). The number of aromatic carboxylic acids is 1. The number of hydrogen-bond acceptors (Lipinski definition) is 7. The summed E-state index contributed by atoms with van der Waals surface area (Å²) < 4.78 is 1.10. The molecule has 5 heterocycles. The van der Waals surface area contributed by atoms with E-state index in [2.05, 4.69) is 36.2 Å². The maximum absolute atomic E-state index is 13.2. The molecular formula is C29H31N7O3. The Morgan fingerprint density at radius 3 is 2.49 bits per heavy atom. The molecule has 10 heteroatoms. The van der Waals surface area contributed by atoms with Crippen LogP contribution in [0.4, 0.5) is 16.3 Å². The number of carbonyl (C=O) groups excluding carboxylic acids is 1. The third-order valence-electron chi connectivity index (χ3n) is 7.52. The number of piperidine rings is 1. The summed E-state index contributed by atoms with van der Waals surface area (Å²) in [6.07, 6.45) is 10.2. The molecule has 0 bridgehead atoms. The molecule has 0 radical (unpaired) electrons. The van der Waals surface area contributed by atoms with Crippen LogP contribution < -0.4 is 10.2 Å². The summed E-state index contributed by atoms with van der Waals surface area (Å²) in [4.78, 5) is 38.8. The van der Waals surface area contributed by atoms with E-state index >= 15 is 0 Å². The molecule has 0 spiro atoms. The van der Waals surface area contributed by atoms with Crippen LogP contribution in [0.2, 0.25) is 0 Å². The Morgan fingerprint density at radius 2 is 1.77 bits per heavy atom. The van der Waals surface area contributed by atoms with Crippen molar-refractivity contribution >= 4 is 34.4 Å². The number of aromatic nitrogens is 4. The van der Waals surface area contributed by atoms with Gasteiger partial charge in [-0.25, -0.2) is 14.6 Å². The van der Waals surface area contributed by atoms with Crippen molar-refractivity contribution in [2.24, 2.45) is 0 Å². The number of carboxylic acids is 1. The maximum Gasteiger partial charge on any atom is 0.357 e. The predicted molar refractivity (Wildman–Crippen MR) is 149 cm³/mol. The number of nitrogens with zero attached hydrogens (tertiary/aromatic N) is 6. The van der Waals surface area contributed by atoms with Crippen LogP contribution in [0.3, 0.4) is 0 Å². The predicted octanol–water partition coefficient (Wildman–Crippen LogP) is 4.78. The van der Waals surface area contributed by atoms with Crippen molar-refractivity contribution in [1.29, 1.82) is 0 Å². The van der Waals surface area contributed by atoms with E-state index in [1.54, 1.807) is 24.5 Å². The lowest BCUT2D eigenvalue weighted by Crippen LogP contribution is -2.38. The van der Waals surface area contributed by atoms with Gasteiger partial charge in [-0.3, -0.25) is 9.88 Å². The molecule has 0 saturated carbocycles. The van der Waals surface area contributed by atoms with Gasteiger partial charge in [0.25, 0.3) is 0 Å². The van der Waals surface area contributed by atoms with Crippen molar-refractivity contribution in [3.05, 3.63) is 65.7 Å². The number of pyridine rings is 2. The van der Waals surface area contributed by atoms with Gasteiger partial charge in [0.05, 0.1) is 17.4 Å². The molecule has 2 saturated heterocycles. The highest BCUT2D eigenvalue weighted by molar-refractivity contribution is 6.06. The Kier molecular flexibility index (Phi) is 6.70. The molecule has 2 fully saturated rings. The molecule has 3 aromatic heterocycles. The number of amides is 1. The molecule has 10 nitrogen and oxygen atoms in total. The number of likely N-dealkylation sites (tertiary alicyclic amines) is 1. The number of carboxylic acid groups (broad SMARTS) is 1. The van der Waals surface area contributed by atoms with Gasteiger partial charge in [0.15, 0.2) is 5.69 Å². The monoisotopic (exact) mass is 525 g/mol. The Hall–Kier alpha value is -4.31. The molecule has 2 aliphatic heterocycles. The average molecular weight is 526 g/mol. The van der Waals surface area contributed by atoms with E-state index in [1.807, 2.05) is 25.3 Å². The minimum atomic E-state index is -1.20. The van der Waals surface area contributed by atoms with Crippen molar-refractivity contribution < 1.29 is 14.7 Å². The maximum atomic E-state index is 13.2. The Bertz CT molecular complexity index is 1550. The van der Waals surface area contributed by atoms with Gasteiger partial charge in [-0.2, -0.15) is 9.78 Å². The topological polar surface area (TPSA) is 116 Å². The molecule has 0 unspecified atom stereocenters. The van der Waals surface area contributed by atoms with E-state index in [-0.39, 0.29) is 5.69 Å². The number of nitrogens with one attached hydrogen (secondary N) is 1. The van der Waals surface area contributed by atoms with Crippen LogP contribution in [-0.2, 0) is 6.54 Å². The van der Waals surface area contributed by atoms with E-state index in [9.17, 15) is 14.7 Å². The highest BCUT2D eigenvalue weighted by Gasteiger charge is 2.22. The zero-order valence-corrected chi connectivity index (χ0v) is 21.9. The van der Waals surface area contributed by atoms with Crippen molar-refractivity contribution in [2.45, 2.75) is 39.2 Å². The van der Waals surface area contributed by atoms with E-state index in [4.69, 9.17) is 0 Å². The summed E-state index contributed by atoms with van der Waals surface area (Å²) in [5, 5.41) is 17.2. The normalized spacial score (nSPS) is 15.8. The molecule has 6 rings (SSSR count). The molecule has 0 atom stereocenters. The fraction of sp³-hybridized carbons (Fsp3) is 0.345. The summed E-state index contributed by atoms with van der Waals surface area (Å²) in [6.45, 7) is 6.96. The molecular weight excluding hydrogens is 494 g/mol. The van der Waals surface area contributed by atoms with Crippen LogP contribution in [0, 0.1) is 6.92 Å². The van der Waals surface area contributed by atoms with Gasteiger partial charge in [-0.05, 0) is 80.2 Å². The van der Waals surface area contributed by atoms with E-state index in [1.165, 1.54) is 19.3 Å². The van der Waals surface area contributed by atoms with Crippen LogP contribution in [0.15, 0.2) is 48.9 Å². The zero-order chi connectivity index (χ0) is 26.9. The first-order chi connectivity index (χ1) is 19.0.